The van der Waals surface area contributed by atoms with Crippen molar-refractivity contribution in [2.45, 2.75) is 21.9 Å². The van der Waals surface area contributed by atoms with Gasteiger partial charge in [-0.25, -0.2) is 0 Å². The molecule has 1 fully saturated rings. The van der Waals surface area contributed by atoms with Crippen molar-refractivity contribution in [3.8, 4) is 0 Å². The molecule has 18 heavy (non-hydrogen) atoms. The van der Waals surface area contributed by atoms with Gasteiger partial charge in [0.25, 0.3) is 0 Å². The summed E-state index contributed by atoms with van der Waals surface area (Å²) in [4.78, 5) is 0. The van der Waals surface area contributed by atoms with Gasteiger partial charge in [-0.05, 0) is 46.4 Å². The first kappa shape index (κ1) is 19.5. The molecule has 0 aliphatic carbocycles. The van der Waals surface area contributed by atoms with Gasteiger partial charge < -0.3 is 0 Å². The van der Waals surface area contributed by atoms with Gasteiger partial charge >= 0.3 is 8.91 Å². The molecule has 0 aromatic rings. The van der Waals surface area contributed by atoms with E-state index in [0.29, 0.717) is 0 Å². The van der Waals surface area contributed by atoms with Crippen LogP contribution in [0.5, 0.6) is 0 Å². The molecular weight excluding hydrogens is 499 g/mol. The molecule has 1 aliphatic rings. The van der Waals surface area contributed by atoms with Crippen LogP contribution < -0.4 is 0 Å². The topological polar surface area (TPSA) is 0 Å². The predicted octanol–water partition coefficient (Wildman–Crippen LogP) is 6.91. The van der Waals surface area contributed by atoms with Gasteiger partial charge in [-0.2, -0.15) is 0 Å². The molecule has 0 aromatic heterocycles. The van der Waals surface area contributed by atoms with E-state index in [1.54, 1.807) is 0 Å². The van der Waals surface area contributed by atoms with Crippen molar-refractivity contribution >= 4 is 140 Å². The van der Waals surface area contributed by atoms with E-state index in [9.17, 15) is 0 Å². The summed E-state index contributed by atoms with van der Waals surface area (Å²) in [5.41, 5.74) is 0. The molecule has 1 rings (SSSR count). The molecule has 13 heteroatoms. The Hall–Kier alpha value is 3.44. The number of quaternary nitrogens is 1. The Balaban J connectivity index is 3.72. The fourth-order valence-electron chi connectivity index (χ4n) is 1.10. The zero-order chi connectivity index (χ0) is 15.0. The Bertz CT molecular complexity index is 252. The van der Waals surface area contributed by atoms with Gasteiger partial charge in [0.2, 0.25) is 13.0 Å². The number of rotatable bonds is 0. The molecule has 0 atom stereocenters. The highest BCUT2D eigenvalue weighted by molar-refractivity contribution is 6.77. The van der Waals surface area contributed by atoms with Gasteiger partial charge in [0.1, 0.15) is 0 Å². The van der Waals surface area contributed by atoms with Gasteiger partial charge in [0.15, 0.2) is 23.6 Å². The van der Waals surface area contributed by atoms with Crippen LogP contribution in [0.2, 0.25) is 0 Å². The molecule has 1 saturated heterocycles. The van der Waals surface area contributed by atoms with E-state index in [4.69, 9.17) is 140 Å². The second kappa shape index (κ2) is 4.97. The summed E-state index contributed by atoms with van der Waals surface area (Å²) in [6.45, 7) is 0. The first-order chi connectivity index (χ1) is 7.50. The summed E-state index contributed by atoms with van der Waals surface area (Å²) >= 11 is 70.9. The van der Waals surface area contributed by atoms with Crippen LogP contribution in [0.4, 0.5) is 0 Å². The lowest BCUT2D eigenvalue weighted by Gasteiger charge is -2.57. The summed E-state index contributed by atoms with van der Waals surface area (Å²) in [6.07, 6.45) is 0. The Kier molecular flexibility index (Phi) is 5.38. The second-order valence-corrected chi connectivity index (χ2v) is 11.1. The lowest BCUT2D eigenvalue weighted by atomic mass is 10.1. The third-order valence-electron chi connectivity index (χ3n) is 2.25. The average Bonchev–Trinajstić information content (AvgIpc) is 2.14. The quantitative estimate of drug-likeness (QED) is 0.193. The highest BCUT2D eigenvalue weighted by Gasteiger charge is 2.91. The minimum atomic E-state index is -2.46. The summed E-state index contributed by atoms with van der Waals surface area (Å²) in [5, 5.41) is 0. The van der Waals surface area contributed by atoms with Crippen molar-refractivity contribution in [1.29, 1.82) is 0 Å². The fraction of sp³-hybridized carbons (Fsp3) is 1.00. The SMILES string of the molecule is ClC1(Cl)C(Cl)(Cl)C(Cl)(Cl)[N+](Cl)(Cl)C(Cl)(Cl)C1(Cl)Cl. The Morgan fingerprint density at radius 1 is 0.444 bits per heavy atom. The number of alkyl halides is 10. The van der Waals surface area contributed by atoms with Crippen LogP contribution in [0.15, 0.2) is 0 Å². The molecular formula is C5Cl12N+. The third-order valence-corrected chi connectivity index (χ3v) is 11.0. The van der Waals surface area contributed by atoms with Crippen molar-refractivity contribution < 1.29 is 3.52 Å². The van der Waals surface area contributed by atoms with E-state index in [2.05, 4.69) is 0 Å². The van der Waals surface area contributed by atoms with Crippen LogP contribution in [0.1, 0.15) is 0 Å². The zero-order valence-corrected chi connectivity index (χ0v) is 16.6. The summed E-state index contributed by atoms with van der Waals surface area (Å²) in [5.74, 6) is 0. The van der Waals surface area contributed by atoms with E-state index in [1.807, 2.05) is 0 Å². The van der Waals surface area contributed by atoms with Crippen molar-refractivity contribution in [3.05, 3.63) is 0 Å². The van der Waals surface area contributed by atoms with Gasteiger partial charge in [-0.15, -0.1) is 0 Å². The van der Waals surface area contributed by atoms with Crippen molar-refractivity contribution in [2.24, 2.45) is 0 Å². The Morgan fingerprint density at radius 3 is 0.889 bits per heavy atom. The highest BCUT2D eigenvalue weighted by Crippen LogP contribution is 2.76. The number of hydrogen-bond donors (Lipinski definition) is 0. The third kappa shape index (κ3) is 2.00. The second-order valence-electron chi connectivity index (χ2n) is 3.32. The molecule has 0 saturated carbocycles. The van der Waals surface area contributed by atoms with E-state index in [0.717, 1.165) is 0 Å². The molecule has 0 spiro atoms. The van der Waals surface area contributed by atoms with Crippen LogP contribution in [-0.2, 0) is 0 Å². The maximum absolute atomic E-state index is 5.92. The maximum atomic E-state index is 5.92. The zero-order valence-electron chi connectivity index (χ0n) is 7.48. The van der Waals surface area contributed by atoms with E-state index in [-0.39, 0.29) is 0 Å². The van der Waals surface area contributed by atoms with Gasteiger partial charge in [-0.3, -0.25) is 0 Å². The predicted molar refractivity (Wildman–Crippen MR) is 84.2 cm³/mol. The minimum Gasteiger partial charge on any atom is -0.0941 e. The molecule has 0 aromatic carbocycles. The fourth-order valence-corrected chi connectivity index (χ4v) is 5.41. The van der Waals surface area contributed by atoms with Crippen LogP contribution in [0, 0.1) is 0 Å². The van der Waals surface area contributed by atoms with E-state index < -0.39 is 25.4 Å². The van der Waals surface area contributed by atoms with Crippen molar-refractivity contribution in [2.75, 3.05) is 0 Å². The standard InChI is InChI=1S/C5Cl12N/c6-1(7)2(8,9)4(12,13)18(16,17)5(14,15)3(1,10)11/q+1. The molecule has 1 aliphatic heterocycles. The molecule has 0 radical (unpaired) electrons. The molecule has 1 heterocycles. The average molecular weight is 499 g/mol. The molecule has 0 N–H and O–H groups in total. The molecule has 0 unspecified atom stereocenters. The normalized spacial score (nSPS) is 34.0. The Labute approximate surface area is 163 Å². The van der Waals surface area contributed by atoms with Gasteiger partial charge in [0.05, 0.1) is 0 Å². The maximum Gasteiger partial charge on any atom is 0.323 e. The molecule has 0 amide bonds. The van der Waals surface area contributed by atoms with Gasteiger partial charge in [0, 0.05) is 0 Å². The number of piperidine rings is 1. The van der Waals surface area contributed by atoms with Crippen LogP contribution in [-0.4, -0.2) is 25.4 Å². The Morgan fingerprint density at radius 2 is 0.667 bits per heavy atom. The van der Waals surface area contributed by atoms with Crippen LogP contribution >= 0.6 is 140 Å². The van der Waals surface area contributed by atoms with Crippen LogP contribution in [0.3, 0.4) is 0 Å². The summed E-state index contributed by atoms with van der Waals surface area (Å²) in [6, 6.07) is 0. The lowest BCUT2D eigenvalue weighted by molar-refractivity contribution is -0.757. The van der Waals surface area contributed by atoms with E-state index >= 15 is 0 Å². The van der Waals surface area contributed by atoms with Crippen molar-refractivity contribution in [1.82, 2.24) is 0 Å². The smallest absolute Gasteiger partial charge is 0.0941 e. The van der Waals surface area contributed by atoms with Crippen molar-refractivity contribution in [3.63, 3.8) is 0 Å². The summed E-state index contributed by atoms with van der Waals surface area (Å²) < 4.78 is -13.8. The number of nitrogens with zero attached hydrogens (tertiary/aromatic N) is 1. The molecule has 108 valence electrons. The van der Waals surface area contributed by atoms with Crippen LogP contribution in [0.25, 0.3) is 0 Å². The molecule has 1 nitrogen and oxygen atoms in total. The first-order valence-electron chi connectivity index (χ1n) is 3.68. The first-order valence-corrected chi connectivity index (χ1v) is 8.13. The summed E-state index contributed by atoms with van der Waals surface area (Å²) in [7, 11) is 0. The largest absolute Gasteiger partial charge is 0.323 e. The number of halogens is 12. The lowest BCUT2D eigenvalue weighted by Crippen LogP contribution is -2.80. The number of hydrogen-bond acceptors (Lipinski definition) is 0. The minimum absolute atomic E-state index is 1.63. The highest BCUT2D eigenvalue weighted by atomic mass is 35.6. The molecule has 0 bridgehead atoms. The monoisotopic (exact) mass is 494 g/mol. The van der Waals surface area contributed by atoms with E-state index in [1.165, 1.54) is 0 Å². The van der Waals surface area contributed by atoms with Gasteiger partial charge in [-0.1, -0.05) is 73.1 Å².